The van der Waals surface area contributed by atoms with Gasteiger partial charge in [0.1, 0.15) is 97.7 Å². The number of aliphatic hydroxyl groups excluding tert-OH is 14. The maximum atomic E-state index is 11.1. The van der Waals surface area contributed by atoms with Crippen molar-refractivity contribution in [2.24, 2.45) is 0 Å². The summed E-state index contributed by atoms with van der Waals surface area (Å²) in [6, 6.07) is 0. The van der Waals surface area contributed by atoms with Crippen molar-refractivity contribution in [1.82, 2.24) is 0 Å². The summed E-state index contributed by atoms with van der Waals surface area (Å²) in [5, 5.41) is 143. The summed E-state index contributed by atoms with van der Waals surface area (Å²) in [5.74, 6) is 0. The van der Waals surface area contributed by atoms with Crippen molar-refractivity contribution in [3.63, 3.8) is 0 Å². The fourth-order valence-electron chi connectivity index (χ4n) is 5.54. The van der Waals surface area contributed by atoms with E-state index in [9.17, 15) is 71.5 Å². The van der Waals surface area contributed by atoms with E-state index in [1.54, 1.807) is 0 Å². The first-order valence-electron chi connectivity index (χ1n) is 14.1. The minimum Gasteiger partial charge on any atom is -0.394 e. The van der Waals surface area contributed by atoms with Crippen LogP contribution in [-0.4, -0.2) is 221 Å². The van der Waals surface area contributed by atoms with Gasteiger partial charge in [-0.2, -0.15) is 0 Å². The highest BCUT2D eigenvalue weighted by molar-refractivity contribution is 4.98. The molecular formula is C24H42O21. The molecular weight excluding hydrogens is 624 g/mol. The Labute approximate surface area is 254 Å². The molecule has 4 rings (SSSR count). The van der Waals surface area contributed by atoms with Crippen molar-refractivity contribution in [1.29, 1.82) is 0 Å². The lowest BCUT2D eigenvalue weighted by Crippen LogP contribution is -2.67. The summed E-state index contributed by atoms with van der Waals surface area (Å²) < 4.78 is 37.7. The van der Waals surface area contributed by atoms with Crippen molar-refractivity contribution in [3.8, 4) is 0 Å². The number of ether oxygens (including phenoxy) is 7. The molecule has 0 bridgehead atoms. The Kier molecular flexibility index (Phi) is 12.8. The standard InChI is InChI=1S/C24H42O21/c25-1-5(29)17-20(14(35)21(38)42-17)45-24-16(37)19(11(32)8(4-28)41-24)44-23-15(36)18(10(31)7(3-27)40-23)43-22-13(34)12(33)9(30)6(2-26)39-22/h5-38H,1-4H2/t5-,6-,7-,8-,9+,10+,11+,12+,13-,14-,15-,16-,17+,18+,19+,20-,21-,22+,23+,24+/m1/s1. The average molecular weight is 667 g/mol. The molecule has 4 saturated heterocycles. The SMILES string of the molecule is OC[C@@H](O)[C@@H]1O[C@@H](O)[C@H](O)[C@H]1O[C@@H]1O[C@H](CO)[C@H](O)[C@H](O[C@@H]2O[C@H](CO)[C@H](O)[C@H](O[C@@H]3O[C@H](CO)[C@H](O)[C@H](O)[C@H]3O)[C@H]2O)[C@H]1O. The second-order valence-corrected chi connectivity index (χ2v) is 11.1. The van der Waals surface area contributed by atoms with Crippen LogP contribution in [0.4, 0.5) is 0 Å². The van der Waals surface area contributed by atoms with Crippen molar-refractivity contribution in [2.45, 2.75) is 123 Å². The van der Waals surface area contributed by atoms with Gasteiger partial charge in [0.05, 0.1) is 26.4 Å². The first-order valence-corrected chi connectivity index (χ1v) is 14.1. The Bertz CT molecular complexity index is 916. The molecule has 0 saturated carbocycles. The zero-order valence-electron chi connectivity index (χ0n) is 23.5. The molecule has 264 valence electrons. The number of hydrogen-bond acceptors (Lipinski definition) is 21. The van der Waals surface area contributed by atoms with Crippen LogP contribution in [0.2, 0.25) is 0 Å². The van der Waals surface area contributed by atoms with Crippen LogP contribution in [0.3, 0.4) is 0 Å². The fourth-order valence-corrected chi connectivity index (χ4v) is 5.54. The molecule has 4 aliphatic heterocycles. The summed E-state index contributed by atoms with van der Waals surface area (Å²) >= 11 is 0. The molecule has 4 aliphatic rings. The van der Waals surface area contributed by atoms with Crippen LogP contribution in [0.25, 0.3) is 0 Å². The Morgan fingerprint density at radius 1 is 0.444 bits per heavy atom. The van der Waals surface area contributed by atoms with E-state index in [1.165, 1.54) is 0 Å². The number of hydrogen-bond donors (Lipinski definition) is 14. The highest BCUT2D eigenvalue weighted by atomic mass is 16.8. The first kappa shape index (κ1) is 37.0. The molecule has 0 aromatic heterocycles. The topological polar surface area (TPSA) is 348 Å². The average Bonchev–Trinajstić information content (AvgIpc) is 3.31. The third-order valence-electron chi connectivity index (χ3n) is 8.18. The predicted molar refractivity (Wildman–Crippen MR) is 134 cm³/mol. The fraction of sp³-hybridized carbons (Fsp3) is 1.00. The maximum absolute atomic E-state index is 11.1. The Morgan fingerprint density at radius 3 is 1.27 bits per heavy atom. The summed E-state index contributed by atoms with van der Waals surface area (Å²) in [5.41, 5.74) is 0. The van der Waals surface area contributed by atoms with Gasteiger partial charge in [-0.05, 0) is 0 Å². The van der Waals surface area contributed by atoms with Gasteiger partial charge in [-0.3, -0.25) is 0 Å². The lowest BCUT2D eigenvalue weighted by molar-refractivity contribution is -0.383. The molecule has 0 unspecified atom stereocenters. The third-order valence-corrected chi connectivity index (χ3v) is 8.18. The summed E-state index contributed by atoms with van der Waals surface area (Å²) in [6.45, 7) is -3.48. The van der Waals surface area contributed by atoms with Gasteiger partial charge in [0.15, 0.2) is 25.2 Å². The van der Waals surface area contributed by atoms with Crippen LogP contribution >= 0.6 is 0 Å². The van der Waals surface area contributed by atoms with Gasteiger partial charge in [0.2, 0.25) is 0 Å². The highest BCUT2D eigenvalue weighted by Crippen LogP contribution is 2.34. The van der Waals surface area contributed by atoms with Crippen molar-refractivity contribution in [2.75, 3.05) is 26.4 Å². The van der Waals surface area contributed by atoms with E-state index >= 15 is 0 Å². The monoisotopic (exact) mass is 666 g/mol. The highest BCUT2D eigenvalue weighted by Gasteiger charge is 2.55. The molecule has 4 heterocycles. The molecule has 0 amide bonds. The first-order chi connectivity index (χ1) is 21.3. The lowest BCUT2D eigenvalue weighted by Gasteiger charge is -2.48. The molecule has 20 atom stereocenters. The van der Waals surface area contributed by atoms with E-state index in [4.69, 9.17) is 33.2 Å². The molecule has 0 spiro atoms. The maximum Gasteiger partial charge on any atom is 0.187 e. The minimum absolute atomic E-state index is 0.813. The zero-order chi connectivity index (χ0) is 33.3. The van der Waals surface area contributed by atoms with Gasteiger partial charge < -0.3 is 105 Å². The van der Waals surface area contributed by atoms with E-state index in [2.05, 4.69) is 0 Å². The van der Waals surface area contributed by atoms with E-state index in [1.807, 2.05) is 0 Å². The smallest absolute Gasteiger partial charge is 0.187 e. The molecule has 21 heteroatoms. The second kappa shape index (κ2) is 15.6. The number of aliphatic hydroxyl groups is 14. The molecule has 21 nitrogen and oxygen atoms in total. The Balaban J connectivity index is 1.53. The van der Waals surface area contributed by atoms with E-state index in [-0.39, 0.29) is 0 Å². The summed E-state index contributed by atoms with van der Waals surface area (Å²) in [4.78, 5) is 0. The molecule has 4 fully saturated rings. The van der Waals surface area contributed by atoms with E-state index in [0.717, 1.165) is 0 Å². The zero-order valence-corrected chi connectivity index (χ0v) is 23.5. The van der Waals surface area contributed by atoms with Crippen LogP contribution in [0, 0.1) is 0 Å². The van der Waals surface area contributed by atoms with Gasteiger partial charge in [-0.25, -0.2) is 0 Å². The largest absolute Gasteiger partial charge is 0.394 e. The van der Waals surface area contributed by atoms with Gasteiger partial charge in [-0.1, -0.05) is 0 Å². The molecule has 0 aromatic rings. The van der Waals surface area contributed by atoms with Crippen molar-refractivity contribution in [3.05, 3.63) is 0 Å². The van der Waals surface area contributed by atoms with Crippen LogP contribution in [0.1, 0.15) is 0 Å². The molecule has 0 aliphatic carbocycles. The quantitative estimate of drug-likeness (QED) is 0.0973. The predicted octanol–water partition coefficient (Wildman–Crippen LogP) is -9.75. The van der Waals surface area contributed by atoms with E-state index < -0.39 is 149 Å². The molecule has 0 aromatic carbocycles. The summed E-state index contributed by atoms with van der Waals surface area (Å²) in [6.07, 6.45) is -35.7. The van der Waals surface area contributed by atoms with Crippen molar-refractivity contribution < 1.29 is 105 Å². The molecule has 0 radical (unpaired) electrons. The van der Waals surface area contributed by atoms with Crippen LogP contribution < -0.4 is 0 Å². The Hall–Kier alpha value is -0.840. The van der Waals surface area contributed by atoms with Gasteiger partial charge in [0, 0.05) is 0 Å². The molecule has 14 N–H and O–H groups in total. The van der Waals surface area contributed by atoms with Gasteiger partial charge in [0.25, 0.3) is 0 Å². The minimum atomic E-state index is -2.05. The van der Waals surface area contributed by atoms with E-state index in [0.29, 0.717) is 0 Å². The third kappa shape index (κ3) is 7.44. The molecule has 45 heavy (non-hydrogen) atoms. The van der Waals surface area contributed by atoms with Gasteiger partial charge >= 0.3 is 0 Å². The lowest BCUT2D eigenvalue weighted by atomic mass is 9.96. The van der Waals surface area contributed by atoms with Crippen molar-refractivity contribution >= 4 is 0 Å². The number of rotatable bonds is 11. The normalized spacial score (nSPS) is 51.7. The van der Waals surface area contributed by atoms with Gasteiger partial charge in [-0.15, -0.1) is 0 Å². The Morgan fingerprint density at radius 2 is 0.844 bits per heavy atom. The van der Waals surface area contributed by atoms with Crippen LogP contribution in [-0.2, 0) is 33.2 Å². The second-order valence-electron chi connectivity index (χ2n) is 11.1. The van der Waals surface area contributed by atoms with Crippen LogP contribution in [0.5, 0.6) is 0 Å². The van der Waals surface area contributed by atoms with Crippen LogP contribution in [0.15, 0.2) is 0 Å². The summed E-state index contributed by atoms with van der Waals surface area (Å²) in [7, 11) is 0.